The van der Waals surface area contributed by atoms with Crippen LogP contribution in [-0.4, -0.2) is 4.98 Å². The Morgan fingerprint density at radius 1 is 0.660 bits per heavy atom. The van der Waals surface area contributed by atoms with Gasteiger partial charge in [-0.15, -0.1) is 0 Å². The number of oxazole rings is 1. The molecule has 0 fully saturated rings. The van der Waals surface area contributed by atoms with Crippen molar-refractivity contribution in [3.8, 4) is 22.6 Å². The van der Waals surface area contributed by atoms with E-state index >= 15 is 0 Å². The molecule has 0 saturated heterocycles. The van der Waals surface area contributed by atoms with E-state index in [4.69, 9.17) is 9.40 Å². The van der Waals surface area contributed by atoms with E-state index in [1.807, 2.05) is 36.4 Å². The zero-order chi connectivity index (χ0) is 31.5. The van der Waals surface area contributed by atoms with Crippen LogP contribution in [-0.2, 0) is 5.41 Å². The molecule has 0 saturated carbocycles. The monoisotopic (exact) mass is 606 g/mol. The molecule has 0 N–H and O–H groups in total. The zero-order valence-corrected chi connectivity index (χ0v) is 26.5. The fraction of sp³-hybridized carbons (Fsp3) is 0.114. The Bertz CT molecular complexity index is 2330. The summed E-state index contributed by atoms with van der Waals surface area (Å²) in [4.78, 5) is 7.35. The summed E-state index contributed by atoms with van der Waals surface area (Å²) in [6, 6.07) is 49.5. The number of fused-ring (bicyclic) bond motifs is 6. The predicted molar refractivity (Wildman–Crippen MR) is 194 cm³/mol. The van der Waals surface area contributed by atoms with Crippen molar-refractivity contribution in [3.05, 3.63) is 175 Å². The highest BCUT2D eigenvalue weighted by atomic mass is 16.3. The van der Waals surface area contributed by atoms with Gasteiger partial charge in [-0.2, -0.15) is 0 Å². The fourth-order valence-electron chi connectivity index (χ4n) is 7.75. The van der Waals surface area contributed by atoms with Crippen LogP contribution in [0.25, 0.3) is 44.5 Å². The van der Waals surface area contributed by atoms with E-state index in [-0.39, 0.29) is 5.41 Å². The molecule has 2 aliphatic rings. The van der Waals surface area contributed by atoms with Crippen molar-refractivity contribution in [1.82, 2.24) is 4.98 Å². The minimum absolute atomic E-state index is 0.0263. The van der Waals surface area contributed by atoms with Crippen molar-refractivity contribution in [3.63, 3.8) is 0 Å². The molecule has 0 aliphatic heterocycles. The molecular formula is C44H34N2O. The van der Waals surface area contributed by atoms with Gasteiger partial charge in [0.25, 0.3) is 0 Å². The van der Waals surface area contributed by atoms with E-state index in [9.17, 15) is 0 Å². The summed E-state index contributed by atoms with van der Waals surface area (Å²) < 4.78 is 6.20. The summed E-state index contributed by atoms with van der Waals surface area (Å²) in [7, 11) is 0. The van der Waals surface area contributed by atoms with Crippen LogP contribution in [0.4, 0.5) is 11.4 Å². The van der Waals surface area contributed by atoms with Gasteiger partial charge >= 0.3 is 0 Å². The predicted octanol–water partition coefficient (Wildman–Crippen LogP) is 11.6. The second-order valence-corrected chi connectivity index (χ2v) is 13.3. The largest absolute Gasteiger partial charge is 0.436 e. The topological polar surface area (TPSA) is 29.3 Å². The number of aromatic nitrogens is 1. The molecule has 226 valence electrons. The third kappa shape index (κ3) is 4.53. The Morgan fingerprint density at radius 3 is 2.13 bits per heavy atom. The van der Waals surface area contributed by atoms with Crippen LogP contribution < -0.4 is 4.90 Å². The number of anilines is 2. The lowest BCUT2D eigenvalue weighted by Crippen LogP contribution is -2.28. The van der Waals surface area contributed by atoms with Gasteiger partial charge in [0.2, 0.25) is 5.89 Å². The van der Waals surface area contributed by atoms with E-state index < -0.39 is 0 Å². The van der Waals surface area contributed by atoms with Gasteiger partial charge in [-0.05, 0) is 93.6 Å². The van der Waals surface area contributed by atoms with Gasteiger partial charge in [-0.25, -0.2) is 4.98 Å². The van der Waals surface area contributed by atoms with Crippen LogP contribution in [0.1, 0.15) is 30.9 Å². The summed E-state index contributed by atoms with van der Waals surface area (Å²) in [6.45, 7) is 4.79. The second kappa shape index (κ2) is 10.7. The number of hydrogen-bond acceptors (Lipinski definition) is 3. The van der Waals surface area contributed by atoms with E-state index in [0.717, 1.165) is 38.8 Å². The molecule has 2 unspecified atom stereocenters. The second-order valence-electron chi connectivity index (χ2n) is 13.3. The quantitative estimate of drug-likeness (QED) is 0.195. The molecule has 0 bridgehead atoms. The number of nitrogens with zero attached hydrogens (tertiary/aromatic N) is 2. The third-order valence-corrected chi connectivity index (χ3v) is 10.2. The molecule has 0 spiro atoms. The molecule has 9 rings (SSSR count). The van der Waals surface area contributed by atoms with Gasteiger partial charge in [0.15, 0.2) is 5.58 Å². The summed E-state index contributed by atoms with van der Waals surface area (Å²) in [6.07, 6.45) is 7.25. The SMILES string of the molecule is CC1(C)c2ccccc2C2C=CC(N(c3ccc(-c4ccccc4)cc3)c3ccc4c(ccc5oc(-c6ccccc6)nc54)c3)=CC21. The van der Waals surface area contributed by atoms with Gasteiger partial charge < -0.3 is 9.32 Å². The van der Waals surface area contributed by atoms with Gasteiger partial charge in [0.05, 0.1) is 0 Å². The van der Waals surface area contributed by atoms with Crippen molar-refractivity contribution in [2.24, 2.45) is 5.92 Å². The van der Waals surface area contributed by atoms with Crippen LogP contribution in [0.5, 0.6) is 0 Å². The molecule has 0 radical (unpaired) electrons. The first-order valence-electron chi connectivity index (χ1n) is 16.4. The number of rotatable bonds is 5. The van der Waals surface area contributed by atoms with Crippen LogP contribution in [0.15, 0.2) is 168 Å². The minimum atomic E-state index is 0.0263. The molecule has 3 heteroatoms. The average molecular weight is 607 g/mol. The van der Waals surface area contributed by atoms with Gasteiger partial charge in [0, 0.05) is 33.9 Å². The van der Waals surface area contributed by atoms with Gasteiger partial charge in [-0.3, -0.25) is 0 Å². The Labute approximate surface area is 275 Å². The molecule has 2 aliphatic carbocycles. The van der Waals surface area contributed by atoms with Crippen LogP contribution in [0.3, 0.4) is 0 Å². The first-order valence-corrected chi connectivity index (χ1v) is 16.4. The standard InChI is InChI=1S/C44H34N2O/c1-44(2)39-16-10-9-15-37(39)38-25-23-35(28-40(38)44)46(33-20-17-30(18-21-33)29-11-5-3-6-12-29)34-22-24-36-32(27-34)19-26-41-42(36)45-43(47-41)31-13-7-4-8-14-31/h3-28,38,40H,1-2H3. The summed E-state index contributed by atoms with van der Waals surface area (Å²) in [5.74, 6) is 1.38. The summed E-state index contributed by atoms with van der Waals surface area (Å²) >= 11 is 0. The molecule has 7 aromatic rings. The van der Waals surface area contributed by atoms with Crippen molar-refractivity contribution < 1.29 is 4.42 Å². The van der Waals surface area contributed by atoms with E-state index in [2.05, 4.69) is 140 Å². The first kappa shape index (κ1) is 27.6. The minimum Gasteiger partial charge on any atom is -0.436 e. The van der Waals surface area contributed by atoms with Crippen LogP contribution >= 0.6 is 0 Å². The van der Waals surface area contributed by atoms with Crippen molar-refractivity contribution in [1.29, 1.82) is 0 Å². The van der Waals surface area contributed by atoms with E-state index in [0.29, 0.717) is 17.7 Å². The molecule has 1 heterocycles. The lowest BCUT2D eigenvalue weighted by Gasteiger charge is -2.35. The number of allylic oxidation sites excluding steroid dienone is 3. The van der Waals surface area contributed by atoms with Crippen molar-refractivity contribution >= 4 is 33.2 Å². The van der Waals surface area contributed by atoms with E-state index in [1.54, 1.807) is 0 Å². The maximum absolute atomic E-state index is 6.20. The lowest BCUT2D eigenvalue weighted by molar-refractivity contribution is 0.392. The Kier molecular flexibility index (Phi) is 6.29. The van der Waals surface area contributed by atoms with Crippen molar-refractivity contribution in [2.75, 3.05) is 4.90 Å². The summed E-state index contributed by atoms with van der Waals surface area (Å²) in [5, 5.41) is 2.21. The highest BCUT2D eigenvalue weighted by Gasteiger charge is 2.45. The summed E-state index contributed by atoms with van der Waals surface area (Å²) in [5.41, 5.74) is 11.4. The lowest BCUT2D eigenvalue weighted by atomic mass is 9.74. The van der Waals surface area contributed by atoms with E-state index in [1.165, 1.54) is 28.0 Å². The highest BCUT2D eigenvalue weighted by molar-refractivity contribution is 6.05. The average Bonchev–Trinajstić information content (AvgIpc) is 3.67. The smallest absolute Gasteiger partial charge is 0.227 e. The molecule has 6 aromatic carbocycles. The Balaban J connectivity index is 1.16. The molecule has 2 atom stereocenters. The maximum atomic E-state index is 6.20. The molecule has 3 nitrogen and oxygen atoms in total. The Morgan fingerprint density at radius 2 is 1.34 bits per heavy atom. The molecular weight excluding hydrogens is 572 g/mol. The fourth-order valence-corrected chi connectivity index (χ4v) is 7.75. The normalized spacial score (nSPS) is 17.8. The first-order chi connectivity index (χ1) is 23.0. The zero-order valence-electron chi connectivity index (χ0n) is 26.5. The molecule has 0 amide bonds. The third-order valence-electron chi connectivity index (χ3n) is 10.2. The van der Waals surface area contributed by atoms with Crippen LogP contribution in [0.2, 0.25) is 0 Å². The van der Waals surface area contributed by atoms with Crippen LogP contribution in [0, 0.1) is 5.92 Å². The molecule has 47 heavy (non-hydrogen) atoms. The Hall–Kier alpha value is -5.67. The van der Waals surface area contributed by atoms with Crippen molar-refractivity contribution in [2.45, 2.75) is 25.2 Å². The van der Waals surface area contributed by atoms with Gasteiger partial charge in [-0.1, -0.05) is 117 Å². The molecule has 1 aromatic heterocycles. The maximum Gasteiger partial charge on any atom is 0.227 e. The number of benzene rings is 6. The van der Waals surface area contributed by atoms with Gasteiger partial charge in [0.1, 0.15) is 5.52 Å². The highest BCUT2D eigenvalue weighted by Crippen LogP contribution is 2.54. The number of hydrogen-bond donors (Lipinski definition) is 0.